The van der Waals surface area contributed by atoms with E-state index in [0.717, 1.165) is 10.2 Å². The van der Waals surface area contributed by atoms with E-state index in [4.69, 9.17) is 10.5 Å². The van der Waals surface area contributed by atoms with Crippen molar-refractivity contribution >= 4 is 21.6 Å². The summed E-state index contributed by atoms with van der Waals surface area (Å²) in [6.45, 7) is 0. The maximum Gasteiger partial charge on any atom is 0.164 e. The van der Waals surface area contributed by atoms with E-state index in [-0.39, 0.29) is 0 Å². The van der Waals surface area contributed by atoms with Crippen molar-refractivity contribution in [3.05, 3.63) is 53.0 Å². The van der Waals surface area contributed by atoms with E-state index in [0.29, 0.717) is 11.4 Å². The Kier molecular flexibility index (Phi) is 2.92. The monoisotopic (exact) mass is 263 g/mol. The lowest BCUT2D eigenvalue weighted by molar-refractivity contribution is 0.482. The van der Waals surface area contributed by atoms with Crippen molar-refractivity contribution in [2.45, 2.75) is 0 Å². The highest BCUT2D eigenvalue weighted by Crippen LogP contribution is 2.34. The number of nitrogen functional groups attached to an aromatic ring is 1. The Labute approximate surface area is 96.8 Å². The Morgan fingerprint density at radius 2 is 1.67 bits per heavy atom. The van der Waals surface area contributed by atoms with Crippen LogP contribution in [0, 0.1) is 0 Å². The second-order valence-corrected chi connectivity index (χ2v) is 3.93. The van der Waals surface area contributed by atoms with E-state index in [9.17, 15) is 0 Å². The van der Waals surface area contributed by atoms with Gasteiger partial charge in [-0.3, -0.25) is 0 Å². The summed E-state index contributed by atoms with van der Waals surface area (Å²) < 4.78 is 6.52. The number of anilines is 1. The van der Waals surface area contributed by atoms with Crippen LogP contribution in [0.5, 0.6) is 11.5 Å². The van der Waals surface area contributed by atoms with Crippen LogP contribution in [-0.4, -0.2) is 0 Å². The van der Waals surface area contributed by atoms with E-state index in [1.165, 1.54) is 0 Å². The SMILES string of the molecule is Nc1cccc(Br)c1Oc1ccccc1. The molecule has 76 valence electrons. The molecule has 2 nitrogen and oxygen atoms in total. The zero-order valence-corrected chi connectivity index (χ0v) is 9.57. The van der Waals surface area contributed by atoms with Crippen LogP contribution in [-0.2, 0) is 0 Å². The van der Waals surface area contributed by atoms with Gasteiger partial charge in [0.05, 0.1) is 10.2 Å². The number of hydrogen-bond donors (Lipinski definition) is 1. The van der Waals surface area contributed by atoms with Gasteiger partial charge in [0.15, 0.2) is 5.75 Å². The van der Waals surface area contributed by atoms with E-state index in [1.807, 2.05) is 48.5 Å². The van der Waals surface area contributed by atoms with Crippen LogP contribution >= 0.6 is 15.9 Å². The number of rotatable bonds is 2. The molecule has 0 fully saturated rings. The molecule has 2 N–H and O–H groups in total. The third-order valence-corrected chi connectivity index (χ3v) is 2.59. The lowest BCUT2D eigenvalue weighted by Gasteiger charge is -2.09. The highest BCUT2D eigenvalue weighted by Gasteiger charge is 2.05. The third kappa shape index (κ3) is 2.30. The van der Waals surface area contributed by atoms with Gasteiger partial charge in [-0.05, 0) is 40.2 Å². The summed E-state index contributed by atoms with van der Waals surface area (Å²) in [4.78, 5) is 0. The molecule has 2 aromatic carbocycles. The van der Waals surface area contributed by atoms with Gasteiger partial charge in [0.1, 0.15) is 5.75 Å². The minimum atomic E-state index is 0.619. The molecule has 0 atom stereocenters. The summed E-state index contributed by atoms with van der Waals surface area (Å²) in [6, 6.07) is 15.1. The Hall–Kier alpha value is -1.48. The zero-order chi connectivity index (χ0) is 10.7. The minimum Gasteiger partial charge on any atom is -0.454 e. The molecule has 0 heterocycles. The molecular formula is C12H10BrNO. The van der Waals surface area contributed by atoms with Crippen molar-refractivity contribution in [1.29, 1.82) is 0 Å². The highest BCUT2D eigenvalue weighted by molar-refractivity contribution is 9.10. The molecule has 0 spiro atoms. The molecule has 0 saturated carbocycles. The first kappa shape index (κ1) is 10.1. The van der Waals surface area contributed by atoms with Crippen molar-refractivity contribution < 1.29 is 4.74 Å². The van der Waals surface area contributed by atoms with Gasteiger partial charge < -0.3 is 10.5 Å². The molecule has 0 saturated heterocycles. The highest BCUT2D eigenvalue weighted by atomic mass is 79.9. The van der Waals surface area contributed by atoms with E-state index in [2.05, 4.69) is 15.9 Å². The van der Waals surface area contributed by atoms with Gasteiger partial charge in [0, 0.05) is 0 Å². The summed E-state index contributed by atoms with van der Waals surface area (Å²) in [6.07, 6.45) is 0. The smallest absolute Gasteiger partial charge is 0.164 e. The van der Waals surface area contributed by atoms with Gasteiger partial charge in [0.25, 0.3) is 0 Å². The Balaban J connectivity index is 2.32. The number of nitrogens with two attached hydrogens (primary N) is 1. The van der Waals surface area contributed by atoms with Crippen LogP contribution in [0.15, 0.2) is 53.0 Å². The average Bonchev–Trinajstić information content (AvgIpc) is 2.25. The van der Waals surface area contributed by atoms with Crippen LogP contribution in [0.25, 0.3) is 0 Å². The van der Waals surface area contributed by atoms with Gasteiger partial charge in [0.2, 0.25) is 0 Å². The Morgan fingerprint density at radius 3 is 2.33 bits per heavy atom. The Morgan fingerprint density at radius 1 is 0.933 bits per heavy atom. The molecule has 3 heteroatoms. The van der Waals surface area contributed by atoms with Crippen LogP contribution in [0.2, 0.25) is 0 Å². The molecule has 0 aliphatic carbocycles. The second-order valence-electron chi connectivity index (χ2n) is 3.07. The van der Waals surface area contributed by atoms with Gasteiger partial charge in [-0.15, -0.1) is 0 Å². The lowest BCUT2D eigenvalue weighted by Crippen LogP contribution is -1.92. The van der Waals surface area contributed by atoms with Crippen molar-refractivity contribution in [3.63, 3.8) is 0 Å². The van der Waals surface area contributed by atoms with Gasteiger partial charge >= 0.3 is 0 Å². The zero-order valence-electron chi connectivity index (χ0n) is 7.98. The van der Waals surface area contributed by atoms with Crippen molar-refractivity contribution in [3.8, 4) is 11.5 Å². The molecule has 0 bridgehead atoms. The first-order chi connectivity index (χ1) is 7.27. The molecule has 0 unspecified atom stereocenters. The number of para-hydroxylation sites is 2. The predicted octanol–water partition coefficient (Wildman–Crippen LogP) is 3.82. The maximum atomic E-state index is 5.81. The molecule has 0 aromatic heterocycles. The molecule has 2 aromatic rings. The number of benzene rings is 2. The van der Waals surface area contributed by atoms with Crippen LogP contribution < -0.4 is 10.5 Å². The molecular weight excluding hydrogens is 254 g/mol. The number of hydrogen-bond acceptors (Lipinski definition) is 2. The number of halogens is 1. The fourth-order valence-corrected chi connectivity index (χ4v) is 1.70. The quantitative estimate of drug-likeness (QED) is 0.837. The van der Waals surface area contributed by atoms with Gasteiger partial charge in [-0.2, -0.15) is 0 Å². The summed E-state index contributed by atoms with van der Waals surface area (Å²) in [5.74, 6) is 1.43. The normalized spacial score (nSPS) is 9.93. The largest absolute Gasteiger partial charge is 0.454 e. The molecule has 15 heavy (non-hydrogen) atoms. The van der Waals surface area contributed by atoms with Crippen molar-refractivity contribution in [1.82, 2.24) is 0 Å². The fourth-order valence-electron chi connectivity index (χ4n) is 1.24. The summed E-state index contributed by atoms with van der Waals surface area (Å²) in [7, 11) is 0. The molecule has 2 rings (SSSR count). The molecule has 0 aliphatic rings. The van der Waals surface area contributed by atoms with Crippen molar-refractivity contribution in [2.24, 2.45) is 0 Å². The predicted molar refractivity (Wildman–Crippen MR) is 65.1 cm³/mol. The van der Waals surface area contributed by atoms with Crippen molar-refractivity contribution in [2.75, 3.05) is 5.73 Å². The van der Waals surface area contributed by atoms with E-state index < -0.39 is 0 Å². The van der Waals surface area contributed by atoms with Gasteiger partial charge in [-0.25, -0.2) is 0 Å². The van der Waals surface area contributed by atoms with Gasteiger partial charge in [-0.1, -0.05) is 24.3 Å². The first-order valence-corrected chi connectivity index (χ1v) is 5.33. The Bertz CT molecular complexity index is 436. The van der Waals surface area contributed by atoms with E-state index in [1.54, 1.807) is 0 Å². The van der Waals surface area contributed by atoms with Crippen LogP contribution in [0.1, 0.15) is 0 Å². The number of ether oxygens (including phenoxy) is 1. The minimum absolute atomic E-state index is 0.619. The summed E-state index contributed by atoms with van der Waals surface area (Å²) >= 11 is 3.40. The molecule has 0 aliphatic heterocycles. The first-order valence-electron chi connectivity index (χ1n) is 4.54. The maximum absolute atomic E-state index is 5.81. The average molecular weight is 264 g/mol. The molecule has 0 radical (unpaired) electrons. The second kappa shape index (κ2) is 4.36. The standard InChI is InChI=1S/C12H10BrNO/c13-10-7-4-8-11(14)12(10)15-9-5-2-1-3-6-9/h1-8H,14H2. The van der Waals surface area contributed by atoms with Crippen LogP contribution in [0.3, 0.4) is 0 Å². The van der Waals surface area contributed by atoms with E-state index >= 15 is 0 Å². The van der Waals surface area contributed by atoms with Crippen LogP contribution in [0.4, 0.5) is 5.69 Å². The molecule has 0 amide bonds. The summed E-state index contributed by atoms with van der Waals surface area (Å²) in [5, 5.41) is 0. The summed E-state index contributed by atoms with van der Waals surface area (Å²) in [5.41, 5.74) is 6.43. The topological polar surface area (TPSA) is 35.2 Å². The lowest BCUT2D eigenvalue weighted by atomic mass is 10.3. The third-order valence-electron chi connectivity index (χ3n) is 1.96. The fraction of sp³-hybridized carbons (Fsp3) is 0.